The Morgan fingerprint density at radius 3 is 2.18 bits per heavy atom. The normalized spacial score (nSPS) is 17.5. The van der Waals surface area contributed by atoms with Crippen LogP contribution in [-0.2, 0) is 18.8 Å². The predicted octanol–water partition coefficient (Wildman–Crippen LogP) is 6.62. The number of hydrogen-bond donors (Lipinski definition) is 1. The topological polar surface area (TPSA) is 79.6 Å². The van der Waals surface area contributed by atoms with Crippen molar-refractivity contribution in [3.63, 3.8) is 0 Å². The minimum absolute atomic E-state index is 0.00858. The molecule has 2 unspecified atom stereocenters. The molecule has 1 saturated heterocycles. The van der Waals surface area contributed by atoms with Crippen LogP contribution in [0.2, 0.25) is 0 Å². The van der Waals surface area contributed by atoms with Gasteiger partial charge in [0.05, 0.1) is 16.5 Å². The summed E-state index contributed by atoms with van der Waals surface area (Å²) in [6, 6.07) is 12.3. The molecule has 13 heteroatoms. The zero-order chi connectivity index (χ0) is 31.8. The first-order valence-corrected chi connectivity index (χ1v) is 13.4. The van der Waals surface area contributed by atoms with Crippen molar-refractivity contribution in [2.24, 2.45) is 0 Å². The Labute approximate surface area is 245 Å². The molecule has 0 radical (unpaired) electrons. The van der Waals surface area contributed by atoms with Gasteiger partial charge in [-0.25, -0.2) is 4.39 Å². The predicted molar refractivity (Wildman–Crippen MR) is 144 cm³/mol. The van der Waals surface area contributed by atoms with Crippen molar-refractivity contribution in [3.05, 3.63) is 117 Å². The molecule has 1 N–H and O–H groups in total. The average molecular weight is 621 g/mol. The van der Waals surface area contributed by atoms with Crippen LogP contribution in [0.3, 0.4) is 0 Å². The fourth-order valence-electron chi connectivity index (χ4n) is 5.27. The van der Waals surface area contributed by atoms with Crippen LogP contribution in [-0.4, -0.2) is 35.3 Å². The summed E-state index contributed by atoms with van der Waals surface area (Å²) in [7, 11) is 0. The Hall–Kier alpha value is -4.68. The van der Waals surface area contributed by atoms with Crippen molar-refractivity contribution >= 4 is 22.8 Å². The summed E-state index contributed by atoms with van der Waals surface area (Å²) >= 11 is 0. The zero-order valence-corrected chi connectivity index (χ0v) is 22.6. The second kappa shape index (κ2) is 11.8. The van der Waals surface area contributed by atoms with Gasteiger partial charge < -0.3 is 14.6 Å². The molecule has 1 fully saturated rings. The molecular formula is C31H23F7N2O4. The Morgan fingerprint density at radius 1 is 0.886 bits per heavy atom. The summed E-state index contributed by atoms with van der Waals surface area (Å²) in [6.07, 6.45) is -9.84. The summed E-state index contributed by atoms with van der Waals surface area (Å²) in [5, 5.41) is 2.67. The molecule has 1 aliphatic heterocycles. The van der Waals surface area contributed by atoms with E-state index in [0.29, 0.717) is 12.1 Å². The number of alkyl halides is 6. The lowest BCUT2D eigenvalue weighted by atomic mass is 9.91. The van der Waals surface area contributed by atoms with Gasteiger partial charge in [-0.2, -0.15) is 26.3 Å². The Bertz CT molecular complexity index is 1740. The van der Waals surface area contributed by atoms with Gasteiger partial charge in [0.1, 0.15) is 11.4 Å². The van der Waals surface area contributed by atoms with E-state index in [1.165, 1.54) is 11.0 Å². The van der Waals surface area contributed by atoms with Crippen molar-refractivity contribution in [3.8, 4) is 0 Å². The number of piperidine rings is 1. The van der Waals surface area contributed by atoms with E-state index in [1.807, 2.05) is 0 Å². The van der Waals surface area contributed by atoms with Gasteiger partial charge in [0.15, 0.2) is 11.2 Å². The quantitative estimate of drug-likeness (QED) is 0.255. The Kier molecular flexibility index (Phi) is 8.23. The van der Waals surface area contributed by atoms with Crippen molar-refractivity contribution < 1.29 is 44.7 Å². The molecule has 3 aromatic carbocycles. The van der Waals surface area contributed by atoms with E-state index < -0.39 is 64.2 Å². The van der Waals surface area contributed by atoms with E-state index in [4.69, 9.17) is 4.42 Å². The van der Waals surface area contributed by atoms with Gasteiger partial charge in [0.2, 0.25) is 0 Å². The number of nitrogens with one attached hydrogen (secondary N) is 1. The first-order valence-electron chi connectivity index (χ1n) is 13.4. The number of likely N-dealkylation sites (tertiary alicyclic amines) is 1. The monoisotopic (exact) mass is 620 g/mol. The van der Waals surface area contributed by atoms with Crippen LogP contribution in [0, 0.1) is 5.82 Å². The summed E-state index contributed by atoms with van der Waals surface area (Å²) in [5.74, 6) is -2.77. The van der Waals surface area contributed by atoms with Gasteiger partial charge in [0.25, 0.3) is 11.8 Å². The molecule has 1 aliphatic rings. The van der Waals surface area contributed by atoms with Crippen molar-refractivity contribution in [1.29, 1.82) is 0 Å². The maximum absolute atomic E-state index is 13.5. The van der Waals surface area contributed by atoms with Crippen molar-refractivity contribution in [1.82, 2.24) is 10.2 Å². The molecule has 44 heavy (non-hydrogen) atoms. The number of nitrogens with zero attached hydrogens (tertiary/aromatic N) is 1. The van der Waals surface area contributed by atoms with E-state index in [-0.39, 0.29) is 48.6 Å². The molecule has 2 heterocycles. The molecule has 4 aromatic rings. The average Bonchev–Trinajstić information content (AvgIpc) is 2.96. The third kappa shape index (κ3) is 6.76. The van der Waals surface area contributed by atoms with Crippen molar-refractivity contribution in [2.75, 3.05) is 6.54 Å². The van der Waals surface area contributed by atoms with Crippen LogP contribution in [0.4, 0.5) is 30.7 Å². The number of carbonyl (C=O) groups is 2. The molecular weight excluding hydrogens is 597 g/mol. The smallest absolute Gasteiger partial charge is 0.416 e. The summed E-state index contributed by atoms with van der Waals surface area (Å²) < 4.78 is 99.8. The maximum atomic E-state index is 13.5. The molecule has 1 aromatic heterocycles. The molecule has 6 nitrogen and oxygen atoms in total. The minimum atomic E-state index is -5.12. The van der Waals surface area contributed by atoms with Crippen LogP contribution in [0.25, 0.3) is 11.0 Å². The molecule has 0 bridgehead atoms. The minimum Gasteiger partial charge on any atom is -0.451 e. The van der Waals surface area contributed by atoms with E-state index in [0.717, 1.165) is 23.8 Å². The number of rotatable bonds is 5. The van der Waals surface area contributed by atoms with E-state index in [2.05, 4.69) is 5.32 Å². The fourth-order valence-corrected chi connectivity index (χ4v) is 5.27. The van der Waals surface area contributed by atoms with Gasteiger partial charge in [-0.3, -0.25) is 14.4 Å². The van der Waals surface area contributed by atoms with E-state index in [9.17, 15) is 45.1 Å². The van der Waals surface area contributed by atoms with Crippen LogP contribution in [0.1, 0.15) is 50.4 Å². The first-order chi connectivity index (χ1) is 20.7. The molecule has 2 amide bonds. The molecule has 0 spiro atoms. The highest BCUT2D eigenvalue weighted by molar-refractivity contribution is 5.95. The highest BCUT2D eigenvalue weighted by Crippen LogP contribution is 2.37. The van der Waals surface area contributed by atoms with Gasteiger partial charge in [-0.1, -0.05) is 30.3 Å². The van der Waals surface area contributed by atoms with Gasteiger partial charge >= 0.3 is 12.4 Å². The standard InChI is InChI=1S/C31H23F7N2O4/c32-21-6-7-26-24(14-21)25(41)16-27(44-26)28(42)39-22-8-9-40(23(15-22)10-17-4-2-1-3-5-17)29(43)18-11-19(30(33,34)35)13-20(12-18)31(36,37)38/h1-7,11-14,16,22-23H,8-10,15H2,(H,39,42). The van der Waals surface area contributed by atoms with Gasteiger partial charge in [-0.05, 0) is 61.2 Å². The number of fused-ring (bicyclic) bond motifs is 1. The van der Waals surface area contributed by atoms with Crippen LogP contribution < -0.4 is 10.7 Å². The number of amides is 2. The molecule has 2 atom stereocenters. The van der Waals surface area contributed by atoms with Crippen molar-refractivity contribution in [2.45, 2.75) is 43.7 Å². The highest BCUT2D eigenvalue weighted by Gasteiger charge is 2.39. The third-order valence-corrected chi connectivity index (χ3v) is 7.37. The summed E-state index contributed by atoms with van der Waals surface area (Å²) in [4.78, 5) is 40.2. The van der Waals surface area contributed by atoms with Gasteiger partial charge in [0, 0.05) is 30.3 Å². The molecule has 0 saturated carbocycles. The maximum Gasteiger partial charge on any atom is 0.416 e. The Morgan fingerprint density at radius 2 is 1.55 bits per heavy atom. The SMILES string of the molecule is O=C(NC1CCN(C(=O)c2cc(C(F)(F)F)cc(C(F)(F)F)c2)C(Cc2ccccc2)C1)c1cc(=O)c2cc(F)ccc2o1. The molecule has 230 valence electrons. The third-order valence-electron chi connectivity index (χ3n) is 7.37. The summed E-state index contributed by atoms with van der Waals surface area (Å²) in [6.45, 7) is -0.0974. The second-order valence-corrected chi connectivity index (χ2v) is 10.4. The summed E-state index contributed by atoms with van der Waals surface area (Å²) in [5.41, 5.74) is -3.87. The Balaban J connectivity index is 1.42. The van der Waals surface area contributed by atoms with Crippen LogP contribution in [0.15, 0.2) is 82.0 Å². The van der Waals surface area contributed by atoms with Gasteiger partial charge in [-0.15, -0.1) is 0 Å². The lowest BCUT2D eigenvalue weighted by molar-refractivity contribution is -0.143. The van der Waals surface area contributed by atoms with Crippen LogP contribution in [0.5, 0.6) is 0 Å². The highest BCUT2D eigenvalue weighted by atomic mass is 19.4. The lowest BCUT2D eigenvalue weighted by Gasteiger charge is -2.40. The fraction of sp³-hybridized carbons (Fsp3) is 0.258. The van der Waals surface area contributed by atoms with E-state index >= 15 is 0 Å². The number of benzene rings is 3. The molecule has 0 aliphatic carbocycles. The second-order valence-electron chi connectivity index (χ2n) is 10.4. The zero-order valence-electron chi connectivity index (χ0n) is 22.6. The lowest BCUT2D eigenvalue weighted by Crippen LogP contribution is -2.52. The number of carbonyl (C=O) groups excluding carboxylic acids is 2. The first kappa shape index (κ1) is 30.8. The molecule has 5 rings (SSSR count). The largest absolute Gasteiger partial charge is 0.451 e. The van der Waals surface area contributed by atoms with Crippen LogP contribution >= 0.6 is 0 Å². The number of hydrogen-bond acceptors (Lipinski definition) is 4. The number of halogens is 7. The van der Waals surface area contributed by atoms with E-state index in [1.54, 1.807) is 30.3 Å².